The van der Waals surface area contributed by atoms with Crippen LogP contribution in [0.5, 0.6) is 0 Å². The van der Waals surface area contributed by atoms with Crippen molar-refractivity contribution in [3.8, 4) is 0 Å². The van der Waals surface area contributed by atoms with E-state index in [1.807, 2.05) is 22.7 Å². The molecule has 0 spiro atoms. The van der Waals surface area contributed by atoms with Crippen LogP contribution in [0, 0.1) is 0 Å². The summed E-state index contributed by atoms with van der Waals surface area (Å²) in [5.74, 6) is 0. The van der Waals surface area contributed by atoms with Crippen molar-refractivity contribution in [2.45, 2.75) is 25.4 Å². The van der Waals surface area contributed by atoms with Crippen LogP contribution in [-0.2, 0) is 6.54 Å². The lowest BCUT2D eigenvalue weighted by Crippen LogP contribution is -2.21. The van der Waals surface area contributed by atoms with Gasteiger partial charge in [0.2, 0.25) is 0 Å². The van der Waals surface area contributed by atoms with Gasteiger partial charge in [0, 0.05) is 10.9 Å². The number of hydrogen-bond donors (Lipinski definition) is 0. The van der Waals surface area contributed by atoms with Gasteiger partial charge in [-0.2, -0.15) is 0 Å². The second-order valence-corrected chi connectivity index (χ2v) is 7.31. The maximum absolute atomic E-state index is 4.77. The molecule has 1 atom stereocenters. The van der Waals surface area contributed by atoms with E-state index in [1.54, 1.807) is 0 Å². The number of benzene rings is 1. The Bertz CT molecular complexity index is 669. The second kappa shape index (κ2) is 5.28. The van der Waals surface area contributed by atoms with Gasteiger partial charge in [0.1, 0.15) is 5.01 Å². The first-order valence-corrected chi connectivity index (χ1v) is 8.72. The van der Waals surface area contributed by atoms with E-state index >= 15 is 0 Å². The Balaban J connectivity index is 1.58. The first-order valence-electron chi connectivity index (χ1n) is 7.02. The van der Waals surface area contributed by atoms with Gasteiger partial charge in [0.15, 0.2) is 0 Å². The van der Waals surface area contributed by atoms with Crippen LogP contribution in [0.1, 0.15) is 28.8 Å². The fourth-order valence-electron chi connectivity index (χ4n) is 2.98. The molecular weight excluding hydrogens is 284 g/mol. The maximum Gasteiger partial charge on any atom is 0.108 e. The van der Waals surface area contributed by atoms with Gasteiger partial charge in [-0.3, -0.25) is 4.90 Å². The van der Waals surface area contributed by atoms with E-state index in [0.717, 1.165) is 12.1 Å². The summed E-state index contributed by atoms with van der Waals surface area (Å²) >= 11 is 3.71. The molecule has 20 heavy (non-hydrogen) atoms. The van der Waals surface area contributed by atoms with Crippen molar-refractivity contribution < 1.29 is 0 Å². The third-order valence-electron chi connectivity index (χ3n) is 3.91. The Morgan fingerprint density at radius 1 is 1.20 bits per heavy atom. The van der Waals surface area contributed by atoms with Gasteiger partial charge in [0.05, 0.1) is 16.8 Å². The summed E-state index contributed by atoms with van der Waals surface area (Å²) in [6.07, 6.45) is 2.58. The van der Waals surface area contributed by atoms with Crippen LogP contribution < -0.4 is 0 Å². The molecule has 0 radical (unpaired) electrons. The highest BCUT2D eigenvalue weighted by molar-refractivity contribution is 7.18. The molecule has 0 bridgehead atoms. The molecule has 2 aromatic heterocycles. The van der Waals surface area contributed by atoms with Crippen LogP contribution in [0.25, 0.3) is 10.2 Å². The number of hydrogen-bond acceptors (Lipinski definition) is 4. The monoisotopic (exact) mass is 300 g/mol. The number of thiophene rings is 1. The van der Waals surface area contributed by atoms with Gasteiger partial charge < -0.3 is 0 Å². The first kappa shape index (κ1) is 12.5. The summed E-state index contributed by atoms with van der Waals surface area (Å²) in [7, 11) is 0. The van der Waals surface area contributed by atoms with Crippen LogP contribution in [0.4, 0.5) is 0 Å². The van der Waals surface area contributed by atoms with Gasteiger partial charge in [-0.1, -0.05) is 18.2 Å². The van der Waals surface area contributed by atoms with Gasteiger partial charge in [-0.15, -0.1) is 22.7 Å². The van der Waals surface area contributed by atoms with Crippen molar-refractivity contribution >= 4 is 32.9 Å². The van der Waals surface area contributed by atoms with E-state index in [2.05, 4.69) is 46.7 Å². The van der Waals surface area contributed by atoms with E-state index in [9.17, 15) is 0 Å². The SMILES string of the molecule is c1csc(C2CCCN2Cc2nc3ccccc3s2)c1. The normalized spacial score (nSPS) is 19.9. The summed E-state index contributed by atoms with van der Waals surface area (Å²) in [4.78, 5) is 8.86. The zero-order valence-corrected chi connectivity index (χ0v) is 12.8. The highest BCUT2D eigenvalue weighted by Gasteiger charge is 2.27. The minimum atomic E-state index is 0.599. The van der Waals surface area contributed by atoms with Crippen molar-refractivity contribution in [1.29, 1.82) is 0 Å². The molecule has 0 saturated carbocycles. The summed E-state index contributed by atoms with van der Waals surface area (Å²) in [5.41, 5.74) is 1.14. The standard InChI is InChI=1S/C16H16N2S2/c1-2-7-14-12(5-1)17-16(20-14)11-18-9-3-6-13(18)15-8-4-10-19-15/h1-2,4-5,7-8,10,13H,3,6,9,11H2. The van der Waals surface area contributed by atoms with Crippen molar-refractivity contribution in [1.82, 2.24) is 9.88 Å². The summed E-state index contributed by atoms with van der Waals surface area (Å²) in [6, 6.07) is 13.5. The average Bonchev–Trinajstić information content (AvgIpc) is 3.18. The van der Waals surface area contributed by atoms with E-state index in [1.165, 1.54) is 34.0 Å². The van der Waals surface area contributed by atoms with Gasteiger partial charge in [0.25, 0.3) is 0 Å². The van der Waals surface area contributed by atoms with Crippen LogP contribution in [0.15, 0.2) is 41.8 Å². The largest absolute Gasteiger partial charge is 0.289 e. The van der Waals surface area contributed by atoms with E-state index < -0.39 is 0 Å². The zero-order chi connectivity index (χ0) is 13.4. The molecule has 1 saturated heterocycles. The second-order valence-electron chi connectivity index (χ2n) is 5.22. The Hall–Kier alpha value is -1.23. The molecule has 3 heterocycles. The summed E-state index contributed by atoms with van der Waals surface area (Å²) in [6.45, 7) is 2.18. The molecule has 1 aliphatic rings. The van der Waals surface area contributed by atoms with Gasteiger partial charge >= 0.3 is 0 Å². The average molecular weight is 300 g/mol. The number of para-hydroxylation sites is 1. The zero-order valence-electron chi connectivity index (χ0n) is 11.2. The van der Waals surface area contributed by atoms with E-state index in [4.69, 9.17) is 4.98 Å². The Morgan fingerprint density at radius 2 is 2.15 bits per heavy atom. The maximum atomic E-state index is 4.77. The van der Waals surface area contributed by atoms with Crippen LogP contribution in [0.2, 0.25) is 0 Å². The fraction of sp³-hybridized carbons (Fsp3) is 0.312. The highest BCUT2D eigenvalue weighted by Crippen LogP contribution is 2.36. The smallest absolute Gasteiger partial charge is 0.108 e. The Labute approximate surface area is 126 Å². The van der Waals surface area contributed by atoms with Crippen LogP contribution in [0.3, 0.4) is 0 Å². The molecule has 0 aliphatic carbocycles. The van der Waals surface area contributed by atoms with Crippen molar-refractivity contribution in [2.24, 2.45) is 0 Å². The molecule has 4 heteroatoms. The molecule has 1 aromatic carbocycles. The minimum Gasteiger partial charge on any atom is -0.289 e. The number of thiazole rings is 1. The quantitative estimate of drug-likeness (QED) is 0.697. The predicted molar refractivity (Wildman–Crippen MR) is 86.3 cm³/mol. The molecule has 0 N–H and O–H groups in total. The molecule has 1 unspecified atom stereocenters. The molecule has 2 nitrogen and oxygen atoms in total. The van der Waals surface area contributed by atoms with Crippen molar-refractivity contribution in [3.05, 3.63) is 51.7 Å². The van der Waals surface area contributed by atoms with Gasteiger partial charge in [-0.25, -0.2) is 4.98 Å². The molecule has 0 amide bonds. The molecule has 3 aromatic rings. The third kappa shape index (κ3) is 2.28. The van der Waals surface area contributed by atoms with E-state index in [-0.39, 0.29) is 0 Å². The number of aromatic nitrogens is 1. The number of rotatable bonds is 3. The van der Waals surface area contributed by atoms with Crippen LogP contribution in [-0.4, -0.2) is 16.4 Å². The van der Waals surface area contributed by atoms with Crippen molar-refractivity contribution in [2.75, 3.05) is 6.54 Å². The van der Waals surface area contributed by atoms with Crippen LogP contribution >= 0.6 is 22.7 Å². The lowest BCUT2D eigenvalue weighted by Gasteiger charge is -2.22. The molecule has 102 valence electrons. The van der Waals surface area contributed by atoms with Gasteiger partial charge in [-0.05, 0) is 43.0 Å². The third-order valence-corrected chi connectivity index (χ3v) is 5.91. The fourth-order valence-corrected chi connectivity index (χ4v) is 4.87. The Kier molecular flexibility index (Phi) is 3.30. The Morgan fingerprint density at radius 3 is 3.00 bits per heavy atom. The highest BCUT2D eigenvalue weighted by atomic mass is 32.1. The molecule has 4 rings (SSSR count). The topological polar surface area (TPSA) is 16.1 Å². The lowest BCUT2D eigenvalue weighted by atomic mass is 10.2. The lowest BCUT2D eigenvalue weighted by molar-refractivity contribution is 0.251. The molecule has 1 fully saturated rings. The summed E-state index contributed by atoms with van der Waals surface area (Å²) in [5, 5.41) is 3.43. The summed E-state index contributed by atoms with van der Waals surface area (Å²) < 4.78 is 1.30. The number of likely N-dealkylation sites (tertiary alicyclic amines) is 1. The minimum absolute atomic E-state index is 0.599. The first-order chi connectivity index (χ1) is 9.90. The number of fused-ring (bicyclic) bond motifs is 1. The van der Waals surface area contributed by atoms with E-state index in [0.29, 0.717) is 6.04 Å². The molecule has 1 aliphatic heterocycles. The van der Waals surface area contributed by atoms with Crippen molar-refractivity contribution in [3.63, 3.8) is 0 Å². The predicted octanol–water partition coefficient (Wildman–Crippen LogP) is 4.69. The number of nitrogens with zero attached hydrogens (tertiary/aromatic N) is 2. The molecular formula is C16H16N2S2.